The lowest BCUT2D eigenvalue weighted by Crippen LogP contribution is -2.17. The molecule has 0 radical (unpaired) electrons. The molecular weight excluding hydrogens is 1320 g/mol. The summed E-state index contributed by atoms with van der Waals surface area (Å²) in [6, 6.07) is 54.3. The van der Waals surface area contributed by atoms with Gasteiger partial charge in [0.05, 0.1) is 44.2 Å². The van der Waals surface area contributed by atoms with Crippen molar-refractivity contribution in [1.82, 2.24) is 19.5 Å². The highest BCUT2D eigenvalue weighted by Crippen LogP contribution is 2.35. The Kier molecular flexibility index (Phi) is 19.7. The van der Waals surface area contributed by atoms with Crippen molar-refractivity contribution < 1.29 is 36.9 Å². The molecule has 13 rings (SSSR count). The minimum Gasteiger partial charge on any atom is -0.393 e. The lowest BCUT2D eigenvalue weighted by molar-refractivity contribution is -0.383. The van der Waals surface area contributed by atoms with Crippen LogP contribution in [0, 0.1) is 39.5 Å². The van der Waals surface area contributed by atoms with Gasteiger partial charge < -0.3 is 10.7 Å². The molecular formula is C65H37Br2Cl4F4N6O5+. The molecule has 1 aliphatic carbocycles. The number of nitrogens with zero attached hydrogens (tertiary/aromatic N) is 4. The number of allylic oxidation sites excluding steroid dienone is 3. The molecule has 0 spiro atoms. The lowest BCUT2D eigenvalue weighted by atomic mass is 9.96. The van der Waals surface area contributed by atoms with Crippen molar-refractivity contribution >= 4 is 162 Å². The molecule has 0 amide bonds. The highest BCUT2D eigenvalue weighted by atomic mass is 79.9. The van der Waals surface area contributed by atoms with Crippen molar-refractivity contribution in [2.24, 2.45) is 0 Å². The van der Waals surface area contributed by atoms with Crippen LogP contribution in [0.1, 0.15) is 31.8 Å². The number of nitrogens with two attached hydrogens (primary N) is 1. The number of aromatic nitrogens is 4. The Bertz CT molecular complexity index is 4660. The molecule has 2 aromatic heterocycles. The Hall–Kier alpha value is -8.90. The second-order valence-corrected chi connectivity index (χ2v) is 21.8. The van der Waals surface area contributed by atoms with Gasteiger partial charge in [-0.05, 0) is 118 Å². The number of imidazole rings is 2. The SMILES string of the molecule is Clc1ccc2nc(-c3cccc4ccccc34)[nH]c2c1.Nc1ccc(Cl)cc1[N+](=O)[O-].O=C(Cl)c1c(F)cc(Br)cc1F.O=C(c1c(F)cc(Br)cc1F)n1c(-c2cccc3ccccc23)nc2cc(Cl)ccc21.O=CC1=[C+]C=Cc2ccccc21. The number of rotatable bonds is 6. The number of anilines is 1. The van der Waals surface area contributed by atoms with Crippen LogP contribution in [0.5, 0.6) is 0 Å². The summed E-state index contributed by atoms with van der Waals surface area (Å²) in [7, 11) is 0. The highest BCUT2D eigenvalue weighted by molar-refractivity contribution is 9.10. The summed E-state index contributed by atoms with van der Waals surface area (Å²) >= 11 is 28.5. The second-order valence-electron chi connectivity index (χ2n) is 18.3. The van der Waals surface area contributed by atoms with E-state index < -0.39 is 50.5 Å². The summed E-state index contributed by atoms with van der Waals surface area (Å²) < 4.78 is 56.6. The molecule has 12 aromatic rings. The molecule has 11 nitrogen and oxygen atoms in total. The lowest BCUT2D eigenvalue weighted by Gasteiger charge is -2.12. The smallest absolute Gasteiger partial charge is 0.293 e. The number of nitro benzene ring substituents is 1. The molecule has 86 heavy (non-hydrogen) atoms. The molecule has 1 aliphatic rings. The number of halogens is 10. The molecule has 0 unspecified atom stereocenters. The van der Waals surface area contributed by atoms with E-state index in [1.807, 2.05) is 103 Å². The number of nitro groups is 1. The summed E-state index contributed by atoms with van der Waals surface area (Å²) in [6.07, 6.45) is 7.45. The Morgan fingerprint density at radius 3 is 1.76 bits per heavy atom. The van der Waals surface area contributed by atoms with Gasteiger partial charge in [0, 0.05) is 53.4 Å². The zero-order valence-electron chi connectivity index (χ0n) is 43.8. The fourth-order valence-electron chi connectivity index (χ4n) is 8.95. The third-order valence-corrected chi connectivity index (χ3v) is 14.6. The molecule has 3 N–H and O–H groups in total. The monoisotopic (exact) mass is 1350 g/mol. The minimum absolute atomic E-state index is 0.124. The summed E-state index contributed by atoms with van der Waals surface area (Å²) in [5.41, 5.74) is 11.1. The van der Waals surface area contributed by atoms with Crippen molar-refractivity contribution in [3.63, 3.8) is 0 Å². The average molecular weight is 1360 g/mol. The van der Waals surface area contributed by atoms with Gasteiger partial charge in [0.1, 0.15) is 51.7 Å². The predicted octanol–water partition coefficient (Wildman–Crippen LogP) is 19.3. The Morgan fingerprint density at radius 1 is 0.616 bits per heavy atom. The van der Waals surface area contributed by atoms with Gasteiger partial charge in [-0.1, -0.05) is 164 Å². The van der Waals surface area contributed by atoms with Crippen molar-refractivity contribution in [2.75, 3.05) is 5.73 Å². The van der Waals surface area contributed by atoms with Crippen molar-refractivity contribution in [3.8, 4) is 22.8 Å². The van der Waals surface area contributed by atoms with E-state index in [1.54, 1.807) is 24.3 Å². The van der Waals surface area contributed by atoms with Crippen molar-refractivity contribution in [3.05, 3.63) is 280 Å². The largest absolute Gasteiger partial charge is 0.393 e. The molecule has 426 valence electrons. The molecule has 2 heterocycles. The van der Waals surface area contributed by atoms with Gasteiger partial charge >= 0.3 is 0 Å². The van der Waals surface area contributed by atoms with Crippen LogP contribution in [-0.4, -0.2) is 41.9 Å². The molecule has 0 atom stereocenters. The molecule has 0 aliphatic heterocycles. The zero-order valence-corrected chi connectivity index (χ0v) is 50.0. The van der Waals surface area contributed by atoms with Crippen LogP contribution in [0.25, 0.3) is 78.0 Å². The van der Waals surface area contributed by atoms with Crippen LogP contribution in [0.2, 0.25) is 15.1 Å². The number of nitrogen functional groups attached to an aromatic ring is 1. The van der Waals surface area contributed by atoms with E-state index in [0.717, 1.165) is 74.9 Å². The van der Waals surface area contributed by atoms with E-state index in [2.05, 4.69) is 83.2 Å². The number of carbonyl (C=O) groups is 3. The molecule has 21 heteroatoms. The van der Waals surface area contributed by atoms with Gasteiger partial charge in [-0.25, -0.2) is 32.3 Å². The van der Waals surface area contributed by atoms with E-state index in [-0.39, 0.29) is 26.1 Å². The van der Waals surface area contributed by atoms with Gasteiger partial charge in [-0.2, -0.15) is 0 Å². The first-order valence-corrected chi connectivity index (χ1v) is 28.3. The molecule has 0 fully saturated rings. The zero-order chi connectivity index (χ0) is 61.3. The van der Waals surface area contributed by atoms with E-state index in [0.29, 0.717) is 37.2 Å². The van der Waals surface area contributed by atoms with Crippen LogP contribution in [0.3, 0.4) is 0 Å². The standard InChI is InChI=1S/C24H12BrClF2N2O.C17H11ClN2.C11H7O.C7H2BrClF2O.C6H5ClN2O2/c25-14-10-18(27)22(19(28)11-14)24(31)30-21-9-8-15(26)12-20(21)29-23(30)17-7-3-5-13-4-1-2-6-16(13)17;18-12-8-9-15-16(10-12)20-17(19-15)14-7-3-5-11-4-1-2-6-13(11)14;12-8-10-6-3-5-9-4-1-2-7-11(9)10;8-3-1-4(10)6(7(9)12)5(11)2-3;7-4-1-2-5(8)6(3-4)9(10)11/h1-12H;1-10H,(H,19,20);1-5,7-8H;1-2H;1-3H,8H2/q;;+1;;. The van der Waals surface area contributed by atoms with Gasteiger partial charge in [0.15, 0.2) is 5.57 Å². The second kappa shape index (κ2) is 27.4. The summed E-state index contributed by atoms with van der Waals surface area (Å²) in [4.78, 5) is 56.8. The van der Waals surface area contributed by atoms with Gasteiger partial charge in [0.25, 0.3) is 16.8 Å². The van der Waals surface area contributed by atoms with E-state index >= 15 is 0 Å². The van der Waals surface area contributed by atoms with E-state index in [9.17, 15) is 42.1 Å². The first-order valence-electron chi connectivity index (χ1n) is 25.2. The summed E-state index contributed by atoms with van der Waals surface area (Å²) in [5, 5.41) is 14.8. The highest BCUT2D eigenvalue weighted by Gasteiger charge is 2.27. The van der Waals surface area contributed by atoms with Gasteiger partial charge in [-0.15, -0.1) is 0 Å². The number of benzene rings is 10. The first kappa shape index (κ1) is 61.7. The maximum absolute atomic E-state index is 14.7. The van der Waals surface area contributed by atoms with Crippen LogP contribution in [0.4, 0.5) is 28.9 Å². The third-order valence-electron chi connectivity index (χ3n) is 12.8. The molecule has 0 saturated carbocycles. The topological polar surface area (TPSA) is 167 Å². The minimum atomic E-state index is -1.14. The Morgan fingerprint density at radius 2 is 1.14 bits per heavy atom. The number of aromatic amines is 1. The average Bonchev–Trinajstić information content (AvgIpc) is 1.80. The number of nitrogens with one attached hydrogen (secondary N) is 1. The third kappa shape index (κ3) is 14.1. The van der Waals surface area contributed by atoms with E-state index in [4.69, 9.17) is 52.1 Å². The van der Waals surface area contributed by atoms with Crippen LogP contribution < -0.4 is 5.73 Å². The number of hydrogen-bond donors (Lipinski definition) is 2. The van der Waals surface area contributed by atoms with Gasteiger partial charge in [0.2, 0.25) is 6.29 Å². The number of H-pyrrole nitrogens is 1. The van der Waals surface area contributed by atoms with Crippen LogP contribution in [0.15, 0.2) is 203 Å². The predicted molar refractivity (Wildman–Crippen MR) is 340 cm³/mol. The van der Waals surface area contributed by atoms with Crippen molar-refractivity contribution in [2.45, 2.75) is 0 Å². The molecule has 0 saturated heterocycles. The number of hydrogen-bond acceptors (Lipinski definition) is 8. The first-order chi connectivity index (χ1) is 41.3. The Labute approximate surface area is 523 Å². The van der Waals surface area contributed by atoms with E-state index in [1.165, 1.54) is 33.5 Å². The summed E-state index contributed by atoms with van der Waals surface area (Å²) in [6.45, 7) is 0. The van der Waals surface area contributed by atoms with Gasteiger partial charge in [-0.3, -0.25) is 24.3 Å². The Balaban J connectivity index is 0.000000138. The summed E-state index contributed by atoms with van der Waals surface area (Å²) in [5.74, 6) is -3.56. The van der Waals surface area contributed by atoms with Crippen LogP contribution >= 0.6 is 78.3 Å². The molecule has 10 aromatic carbocycles. The maximum atomic E-state index is 14.7. The van der Waals surface area contributed by atoms with Crippen molar-refractivity contribution in [1.29, 1.82) is 0 Å². The number of carbonyl (C=O) groups excluding carboxylic acids is 3. The fraction of sp³-hybridized carbons (Fsp3) is 0. The quantitative estimate of drug-likeness (QED) is 0.0316. The maximum Gasteiger partial charge on any atom is 0.293 e. The molecule has 0 bridgehead atoms. The number of fused-ring (bicyclic) bond motifs is 5. The normalized spacial score (nSPS) is 11.1. The fourth-order valence-corrected chi connectivity index (χ4v) is 10.4. The number of aldehydes is 1. The van der Waals surface area contributed by atoms with Crippen LogP contribution in [-0.2, 0) is 4.79 Å².